The monoisotopic (exact) mass is 1570 g/mol. The largest absolute Gasteiger partial charge is 0.393 e. The van der Waals surface area contributed by atoms with Crippen molar-refractivity contribution in [1.29, 1.82) is 0 Å². The first-order chi connectivity index (χ1) is 51.3. The molecule has 13 atom stereocenters. The minimum absolute atomic E-state index is 0.0142. The third-order valence-electron chi connectivity index (χ3n) is 25.3. The number of alkyl halides is 7. The Kier molecular flexibility index (Phi) is 30.7. The second kappa shape index (κ2) is 38.2. The summed E-state index contributed by atoms with van der Waals surface area (Å²) in [5.74, 6) is -14.0. The van der Waals surface area contributed by atoms with Crippen molar-refractivity contribution in [3.8, 4) is 0 Å². The Morgan fingerprint density at radius 3 is 1.83 bits per heavy atom. The molecule has 3 aliphatic heterocycles. The van der Waals surface area contributed by atoms with Gasteiger partial charge in [0, 0.05) is 87.9 Å². The molecule has 3 heterocycles. The fourth-order valence-corrected chi connectivity index (χ4v) is 18.6. The van der Waals surface area contributed by atoms with Crippen LogP contribution in [-0.4, -0.2) is 282 Å². The molecule has 2 bridgehead atoms. The van der Waals surface area contributed by atoms with Gasteiger partial charge in [0.15, 0.2) is 0 Å². The van der Waals surface area contributed by atoms with Crippen LogP contribution in [0.1, 0.15) is 194 Å². The van der Waals surface area contributed by atoms with Crippen LogP contribution in [0.25, 0.3) is 0 Å². The molecule has 2 saturated heterocycles. The molecule has 109 heavy (non-hydrogen) atoms. The molecule has 0 aromatic rings. The van der Waals surface area contributed by atoms with Gasteiger partial charge in [-0.15, -0.1) is 11.6 Å². The van der Waals surface area contributed by atoms with Crippen LogP contribution >= 0.6 is 11.6 Å². The molecule has 32 heteroatoms. The van der Waals surface area contributed by atoms with E-state index in [0.29, 0.717) is 38.5 Å². The van der Waals surface area contributed by atoms with Crippen LogP contribution in [0.5, 0.6) is 0 Å². The number of ether oxygens (including phenoxy) is 1. The summed E-state index contributed by atoms with van der Waals surface area (Å²) in [4.78, 5) is 193. The van der Waals surface area contributed by atoms with E-state index in [1.54, 1.807) is 26.0 Å². The number of carbonyl (C=O) groups is 12. The third kappa shape index (κ3) is 21.5. The molecule has 5 aliphatic carbocycles. The van der Waals surface area contributed by atoms with Crippen LogP contribution in [0.3, 0.4) is 0 Å². The summed E-state index contributed by atoms with van der Waals surface area (Å²) in [5.41, 5.74) is -1.63. The summed E-state index contributed by atoms with van der Waals surface area (Å²) in [6.07, 6.45) is -0.975. The number of nitrogens with zero attached hydrogens (tertiary/aromatic N) is 9. The minimum atomic E-state index is -4.57. The molecule has 8 aliphatic rings. The van der Waals surface area contributed by atoms with E-state index in [1.165, 1.54) is 85.8 Å². The predicted molar refractivity (Wildman–Crippen MR) is 393 cm³/mol. The molecule has 25 nitrogen and oxygen atoms in total. The average Bonchev–Trinajstić information content (AvgIpc) is 1.75. The number of rotatable bonds is 13. The highest BCUT2D eigenvalue weighted by molar-refractivity contribution is 6.21. The van der Waals surface area contributed by atoms with Gasteiger partial charge in [-0.25, -0.2) is 0 Å². The fraction of sp³-hybridized carbons (Fsp3) is 0.818. The van der Waals surface area contributed by atoms with Gasteiger partial charge in [0.1, 0.15) is 53.9 Å². The molecule has 7 fully saturated rings. The van der Waals surface area contributed by atoms with Crippen molar-refractivity contribution in [2.75, 3.05) is 89.2 Å². The minimum Gasteiger partial charge on any atom is -0.377 e. The number of amides is 12. The van der Waals surface area contributed by atoms with Gasteiger partial charge in [-0.05, 0) is 152 Å². The van der Waals surface area contributed by atoms with Gasteiger partial charge < -0.3 is 64.8 Å². The Labute approximate surface area is 643 Å². The number of halogens is 7. The van der Waals surface area contributed by atoms with Crippen LogP contribution in [0.2, 0.25) is 0 Å². The first-order valence-corrected chi connectivity index (χ1v) is 40.1. The van der Waals surface area contributed by atoms with Crippen LogP contribution in [0, 0.1) is 41.4 Å². The Hall–Kier alpha value is -6.79. The molecule has 614 valence electrons. The quantitative estimate of drug-likeness (QED) is 0.0935. The van der Waals surface area contributed by atoms with E-state index in [1.807, 2.05) is 6.92 Å². The summed E-state index contributed by atoms with van der Waals surface area (Å²) >= 11 is 6.43. The summed E-state index contributed by atoms with van der Waals surface area (Å²) in [7, 11) is 11.2. The van der Waals surface area contributed by atoms with Gasteiger partial charge in [0.25, 0.3) is 0 Å². The molecular formula is C77H119ClF6N12O13. The Balaban J connectivity index is 1.20. The lowest BCUT2D eigenvalue weighted by Crippen LogP contribution is -2.68. The molecule has 0 aromatic heterocycles. The summed E-state index contributed by atoms with van der Waals surface area (Å²) in [6.45, 7) is 3.72. The zero-order valence-electron chi connectivity index (χ0n) is 65.6. The number of likely N-dealkylation sites (N-methyl/N-ethyl adjacent to an activating group) is 7. The van der Waals surface area contributed by atoms with Crippen molar-refractivity contribution in [2.45, 2.75) is 272 Å². The second-order valence-electron chi connectivity index (χ2n) is 32.8. The molecule has 5 saturated carbocycles. The number of fused-ring (bicyclic) bond motifs is 3. The maximum absolute atomic E-state index is 15.6. The molecule has 0 aromatic carbocycles. The maximum atomic E-state index is 15.6. The van der Waals surface area contributed by atoms with Gasteiger partial charge in [-0.3, -0.25) is 57.5 Å². The van der Waals surface area contributed by atoms with Crippen LogP contribution in [0.15, 0.2) is 12.2 Å². The lowest BCUT2D eigenvalue weighted by molar-refractivity contribution is -0.184. The van der Waals surface area contributed by atoms with Crippen molar-refractivity contribution in [2.24, 2.45) is 41.4 Å². The van der Waals surface area contributed by atoms with Gasteiger partial charge in [-0.2, -0.15) is 26.3 Å². The van der Waals surface area contributed by atoms with Gasteiger partial charge >= 0.3 is 12.4 Å². The smallest absolute Gasteiger partial charge is 0.377 e. The zero-order valence-corrected chi connectivity index (χ0v) is 66.3. The average molecular weight is 1570 g/mol. The predicted octanol–water partition coefficient (Wildman–Crippen LogP) is 7.21. The number of nitrogens with one attached hydrogen (secondary N) is 3. The lowest BCUT2D eigenvalue weighted by atomic mass is 9.74. The van der Waals surface area contributed by atoms with Crippen LogP contribution < -0.4 is 16.0 Å². The van der Waals surface area contributed by atoms with E-state index in [-0.39, 0.29) is 128 Å². The van der Waals surface area contributed by atoms with E-state index < -0.39 is 204 Å². The van der Waals surface area contributed by atoms with Crippen molar-refractivity contribution in [1.82, 2.24) is 60.0 Å². The Bertz CT molecular complexity index is 3270. The highest BCUT2D eigenvalue weighted by Gasteiger charge is 2.55. The van der Waals surface area contributed by atoms with Crippen molar-refractivity contribution in [3.63, 3.8) is 0 Å². The molecule has 8 rings (SSSR count). The van der Waals surface area contributed by atoms with E-state index in [9.17, 15) is 45.5 Å². The van der Waals surface area contributed by atoms with Gasteiger partial charge in [0.05, 0.1) is 37.5 Å². The molecule has 3 N–H and O–H groups in total. The molecule has 1 spiro atoms. The molecule has 0 radical (unpaired) electrons. The van der Waals surface area contributed by atoms with Crippen molar-refractivity contribution < 1.29 is 88.6 Å². The Morgan fingerprint density at radius 2 is 1.24 bits per heavy atom. The topological polar surface area (TPSA) is 279 Å². The first kappa shape index (κ1) is 87.8. The van der Waals surface area contributed by atoms with Crippen molar-refractivity contribution >= 4 is 82.5 Å². The van der Waals surface area contributed by atoms with Gasteiger partial charge in [-0.1, -0.05) is 70.9 Å². The lowest BCUT2D eigenvalue weighted by Gasteiger charge is -2.46. The SMILES string of the molecule is CCO[C@@H]1C[C@H]2C(=O)NC3(CCC3)C(=O)N(C)[C@@H](C3CCCC3)C(=O)N(C)[C@H](C(=O)N(C)C)CC(=O)N(C)[C@@H](CC3CCCC3)C(=O)N[C@@H]([C@@H](C)CC)C(=O)N(C)CC(=O)N(C)[C@H]3C/C=C\CCN(C3=O)[C@@H](CC3CCC(C(F)(F)F)CC3)C(=O)N(C)CC(=O)N[C@@H](CCC3CCC(C(F)(F)F)C(Cl)C3)C(=O)N2C1. The molecular weight excluding hydrogens is 1450 g/mol. The van der Waals surface area contributed by atoms with E-state index in [2.05, 4.69) is 16.0 Å². The zero-order chi connectivity index (χ0) is 80.3. The highest BCUT2D eigenvalue weighted by Crippen LogP contribution is 2.45. The number of hydrogen-bond acceptors (Lipinski definition) is 13. The van der Waals surface area contributed by atoms with Crippen LogP contribution in [-0.2, 0) is 62.3 Å². The number of hydrogen-bond donors (Lipinski definition) is 3. The van der Waals surface area contributed by atoms with E-state index >= 15 is 38.4 Å². The Morgan fingerprint density at radius 1 is 0.624 bits per heavy atom. The summed E-state index contributed by atoms with van der Waals surface area (Å²) < 4.78 is 91.0. The van der Waals surface area contributed by atoms with Crippen LogP contribution in [0.4, 0.5) is 26.3 Å². The first-order valence-electron chi connectivity index (χ1n) is 39.7. The second-order valence-corrected chi connectivity index (χ2v) is 33.4. The van der Waals surface area contributed by atoms with E-state index in [0.717, 1.165) is 40.4 Å². The fourth-order valence-electron chi connectivity index (χ4n) is 18.1. The third-order valence-corrected chi connectivity index (χ3v) is 25.8. The maximum Gasteiger partial charge on any atom is 0.393 e. The summed E-state index contributed by atoms with van der Waals surface area (Å²) in [6, 6.07) is -10.8. The summed E-state index contributed by atoms with van der Waals surface area (Å²) in [5, 5.41) is 7.42. The number of carbonyl (C=O) groups excluding carboxylic acids is 12. The molecule has 3 unspecified atom stereocenters. The highest BCUT2D eigenvalue weighted by atomic mass is 35.5. The van der Waals surface area contributed by atoms with Gasteiger partial charge in [0.2, 0.25) is 70.9 Å². The normalized spacial score (nSPS) is 32.0. The van der Waals surface area contributed by atoms with Crippen molar-refractivity contribution in [3.05, 3.63) is 12.2 Å². The molecule has 12 amide bonds. The standard InChI is InChI=1S/C77H119ClF6N12O13/c1-12-46(3)64-72(106)90(7)45-63(99)91(8)56-26-15-14-20-37-95(71(56)105)60(40-49-27-31-51(32-28-49)76(79,80)81)70(104)89(6)44-61(97)85-55(34-30-48-29-33-53(54(78)38-48)77(82,83)84)68(102)96-43-52(109-13-2)41-58(96)67(101)87-75(35-21-36-75)74(108)94(11)65(50-24-18-19-25-50)73(107)93(10)59(69(103)88(4)5)42-62(98)92(9)57(66(100)86-64)39-47-22-16-17-23-47/h14-15,46-60,64-65H,12-13,16-45H2,1-11H3,(H,85,97)(H,86,100)(H,87,101)/b15-14-/t46-,48?,49?,51?,52+,53?,54?,55-,56-,57-,58-,59-,60-,64-,65-/m0/s1. The van der Waals surface area contributed by atoms with E-state index in [4.69, 9.17) is 16.3 Å².